The van der Waals surface area contributed by atoms with Crippen LogP contribution in [0, 0.1) is 5.92 Å². The molecule has 2 heteroatoms. The van der Waals surface area contributed by atoms with Gasteiger partial charge in [-0.15, -0.1) is 0 Å². The number of hydrogen-bond donors (Lipinski definition) is 0. The van der Waals surface area contributed by atoms with E-state index in [1.807, 2.05) is 35.2 Å². The molecule has 0 radical (unpaired) electrons. The topological polar surface area (TPSA) is 20.3 Å². The van der Waals surface area contributed by atoms with Gasteiger partial charge in [-0.1, -0.05) is 25.1 Å². The Balaban J connectivity index is 2.20. The molecule has 14 heavy (non-hydrogen) atoms. The van der Waals surface area contributed by atoms with Crippen molar-refractivity contribution < 1.29 is 4.79 Å². The lowest BCUT2D eigenvalue weighted by molar-refractivity contribution is -0.120. The maximum Gasteiger partial charge on any atom is 0.226 e. The van der Waals surface area contributed by atoms with Gasteiger partial charge in [0.15, 0.2) is 0 Å². The average Bonchev–Trinajstić information content (AvgIpc) is 2.23. The predicted molar refractivity (Wildman–Crippen MR) is 57.2 cm³/mol. The number of amides is 1. The van der Waals surface area contributed by atoms with E-state index in [1.165, 1.54) is 0 Å². The number of carbonyl (C=O) groups excluding carboxylic acids is 1. The van der Waals surface area contributed by atoms with Crippen molar-refractivity contribution in [1.82, 2.24) is 0 Å². The van der Waals surface area contributed by atoms with E-state index in [2.05, 4.69) is 6.92 Å². The molecule has 1 aromatic rings. The van der Waals surface area contributed by atoms with E-state index < -0.39 is 0 Å². The molecule has 2 rings (SSSR count). The fourth-order valence-electron chi connectivity index (χ4n) is 1.87. The summed E-state index contributed by atoms with van der Waals surface area (Å²) in [6, 6.07) is 9.91. The van der Waals surface area contributed by atoms with Gasteiger partial charge in [-0.25, -0.2) is 0 Å². The van der Waals surface area contributed by atoms with Crippen molar-refractivity contribution >= 4 is 11.6 Å². The smallest absolute Gasteiger partial charge is 0.226 e. The molecule has 0 aliphatic carbocycles. The fourth-order valence-corrected chi connectivity index (χ4v) is 1.87. The molecule has 2 nitrogen and oxygen atoms in total. The molecule has 1 aliphatic heterocycles. The lowest BCUT2D eigenvalue weighted by atomic mass is 9.99. The molecular formula is C12H15NO. The first-order valence-electron chi connectivity index (χ1n) is 5.13. The van der Waals surface area contributed by atoms with E-state index in [9.17, 15) is 4.79 Å². The monoisotopic (exact) mass is 189 g/mol. The van der Waals surface area contributed by atoms with Crippen LogP contribution in [0.4, 0.5) is 5.69 Å². The molecule has 1 heterocycles. The number of piperidine rings is 1. The highest BCUT2D eigenvalue weighted by Crippen LogP contribution is 2.23. The zero-order chi connectivity index (χ0) is 9.97. The summed E-state index contributed by atoms with van der Waals surface area (Å²) in [5.74, 6) is 0.877. The molecule has 1 aliphatic rings. The van der Waals surface area contributed by atoms with Crippen LogP contribution in [0.25, 0.3) is 0 Å². The van der Waals surface area contributed by atoms with Gasteiger partial charge in [0.1, 0.15) is 0 Å². The Hall–Kier alpha value is -1.31. The number of anilines is 1. The number of carbonyl (C=O) groups is 1. The van der Waals surface area contributed by atoms with Gasteiger partial charge in [0, 0.05) is 18.7 Å². The molecule has 1 saturated heterocycles. The van der Waals surface area contributed by atoms with Crippen LogP contribution in [0.15, 0.2) is 30.3 Å². The minimum atomic E-state index is 0.259. The molecule has 1 fully saturated rings. The number of rotatable bonds is 1. The van der Waals surface area contributed by atoms with Crippen molar-refractivity contribution in [2.75, 3.05) is 11.4 Å². The lowest BCUT2D eigenvalue weighted by Gasteiger charge is -2.30. The van der Waals surface area contributed by atoms with Crippen molar-refractivity contribution in [3.05, 3.63) is 30.3 Å². The number of nitrogens with zero attached hydrogens (tertiary/aromatic N) is 1. The SMILES string of the molecule is C[C@@H]1CCC(=O)N(c2ccccc2)C1. The normalized spacial score (nSPS) is 22.5. The summed E-state index contributed by atoms with van der Waals surface area (Å²) in [6.45, 7) is 3.06. The second-order valence-electron chi connectivity index (χ2n) is 3.98. The molecule has 0 saturated carbocycles. The number of para-hydroxylation sites is 1. The second-order valence-corrected chi connectivity index (χ2v) is 3.98. The summed E-state index contributed by atoms with van der Waals surface area (Å²) in [5.41, 5.74) is 1.03. The van der Waals surface area contributed by atoms with E-state index in [4.69, 9.17) is 0 Å². The molecule has 0 unspecified atom stereocenters. The van der Waals surface area contributed by atoms with Crippen LogP contribution in [0.3, 0.4) is 0 Å². The molecule has 0 aromatic heterocycles. The van der Waals surface area contributed by atoms with Crippen molar-refractivity contribution in [3.63, 3.8) is 0 Å². The van der Waals surface area contributed by atoms with Crippen molar-refractivity contribution in [3.8, 4) is 0 Å². The molecule has 0 bridgehead atoms. The first kappa shape index (κ1) is 9.25. The molecule has 1 aromatic carbocycles. The standard InChI is InChI=1S/C12H15NO/c1-10-7-8-12(14)13(9-10)11-5-3-2-4-6-11/h2-6,10H,7-9H2,1H3/t10-/m1/s1. The third-order valence-corrected chi connectivity index (χ3v) is 2.71. The van der Waals surface area contributed by atoms with Crippen LogP contribution in [0.5, 0.6) is 0 Å². The predicted octanol–water partition coefficient (Wildman–Crippen LogP) is 2.45. The van der Waals surface area contributed by atoms with Gasteiger partial charge in [0.2, 0.25) is 5.91 Å². The molecule has 0 N–H and O–H groups in total. The molecular weight excluding hydrogens is 174 g/mol. The third kappa shape index (κ3) is 1.79. The zero-order valence-corrected chi connectivity index (χ0v) is 8.44. The van der Waals surface area contributed by atoms with Gasteiger partial charge >= 0.3 is 0 Å². The van der Waals surface area contributed by atoms with E-state index in [0.717, 1.165) is 18.7 Å². The Morgan fingerprint density at radius 3 is 2.71 bits per heavy atom. The highest BCUT2D eigenvalue weighted by Gasteiger charge is 2.23. The van der Waals surface area contributed by atoms with E-state index in [0.29, 0.717) is 12.3 Å². The van der Waals surface area contributed by atoms with Crippen molar-refractivity contribution in [2.24, 2.45) is 5.92 Å². The Bertz CT molecular complexity index is 320. The summed E-state index contributed by atoms with van der Waals surface area (Å²) >= 11 is 0. The Morgan fingerprint density at radius 2 is 2.00 bits per heavy atom. The summed E-state index contributed by atoms with van der Waals surface area (Å²) in [7, 11) is 0. The molecule has 1 atom stereocenters. The Labute approximate surface area is 84.5 Å². The average molecular weight is 189 g/mol. The minimum absolute atomic E-state index is 0.259. The van der Waals surface area contributed by atoms with E-state index in [-0.39, 0.29) is 5.91 Å². The van der Waals surface area contributed by atoms with Crippen LogP contribution in [0.1, 0.15) is 19.8 Å². The molecule has 74 valence electrons. The summed E-state index contributed by atoms with van der Waals surface area (Å²) < 4.78 is 0. The summed E-state index contributed by atoms with van der Waals surface area (Å²) in [4.78, 5) is 13.6. The van der Waals surface area contributed by atoms with Gasteiger partial charge in [0.05, 0.1) is 0 Å². The summed E-state index contributed by atoms with van der Waals surface area (Å²) in [6.07, 6.45) is 1.72. The van der Waals surface area contributed by atoms with Crippen LogP contribution in [-0.4, -0.2) is 12.5 Å². The van der Waals surface area contributed by atoms with Gasteiger partial charge < -0.3 is 4.90 Å². The van der Waals surface area contributed by atoms with Crippen molar-refractivity contribution in [2.45, 2.75) is 19.8 Å². The van der Waals surface area contributed by atoms with E-state index >= 15 is 0 Å². The highest BCUT2D eigenvalue weighted by molar-refractivity contribution is 5.94. The molecule has 1 amide bonds. The van der Waals surface area contributed by atoms with Gasteiger partial charge in [0.25, 0.3) is 0 Å². The maximum atomic E-state index is 11.7. The van der Waals surface area contributed by atoms with Crippen LogP contribution < -0.4 is 4.90 Å². The second kappa shape index (κ2) is 3.82. The minimum Gasteiger partial charge on any atom is -0.312 e. The van der Waals surface area contributed by atoms with Crippen molar-refractivity contribution in [1.29, 1.82) is 0 Å². The number of benzene rings is 1. The molecule has 0 spiro atoms. The fraction of sp³-hybridized carbons (Fsp3) is 0.417. The third-order valence-electron chi connectivity index (χ3n) is 2.71. The summed E-state index contributed by atoms with van der Waals surface area (Å²) in [5, 5.41) is 0. The van der Waals surface area contributed by atoms with Crippen LogP contribution in [0.2, 0.25) is 0 Å². The van der Waals surface area contributed by atoms with Gasteiger partial charge in [-0.3, -0.25) is 4.79 Å². The van der Waals surface area contributed by atoms with Crippen LogP contribution >= 0.6 is 0 Å². The number of hydrogen-bond acceptors (Lipinski definition) is 1. The lowest BCUT2D eigenvalue weighted by Crippen LogP contribution is -2.39. The quantitative estimate of drug-likeness (QED) is 0.664. The van der Waals surface area contributed by atoms with Crippen LogP contribution in [-0.2, 0) is 4.79 Å². The van der Waals surface area contributed by atoms with Gasteiger partial charge in [-0.2, -0.15) is 0 Å². The van der Waals surface area contributed by atoms with E-state index in [1.54, 1.807) is 0 Å². The zero-order valence-electron chi connectivity index (χ0n) is 8.44. The highest BCUT2D eigenvalue weighted by atomic mass is 16.2. The first-order chi connectivity index (χ1) is 6.77. The maximum absolute atomic E-state index is 11.7. The Morgan fingerprint density at radius 1 is 1.29 bits per heavy atom. The Kier molecular flexibility index (Phi) is 2.53. The first-order valence-corrected chi connectivity index (χ1v) is 5.13. The largest absolute Gasteiger partial charge is 0.312 e. The van der Waals surface area contributed by atoms with Gasteiger partial charge in [-0.05, 0) is 24.5 Å².